The van der Waals surface area contributed by atoms with Gasteiger partial charge in [0.1, 0.15) is 11.5 Å². The van der Waals surface area contributed by atoms with Gasteiger partial charge in [0.2, 0.25) is 0 Å². The Morgan fingerprint density at radius 2 is 0.962 bits per heavy atom. The lowest BCUT2D eigenvalue weighted by Crippen LogP contribution is -2.07. The van der Waals surface area contributed by atoms with Gasteiger partial charge in [-0.25, -0.2) is 0 Å². The molecule has 14 nitrogen and oxygen atoms in total. The Bertz CT molecular complexity index is 2180. The van der Waals surface area contributed by atoms with Gasteiger partial charge in [-0.05, 0) is 47.6 Å². The zero-order chi connectivity index (χ0) is 39.0. The number of fused-ring (bicyclic) bond motifs is 2. The number of aryl methyl sites for hydroxylation is 2. The van der Waals surface area contributed by atoms with Crippen LogP contribution in [-0.2, 0) is 20.2 Å². The van der Waals surface area contributed by atoms with Gasteiger partial charge in [-0.15, -0.1) is 0 Å². The number of methoxy groups -OCH3 is 2. The molecule has 0 aliphatic rings. The Morgan fingerprint density at radius 1 is 0.635 bits per heavy atom. The summed E-state index contributed by atoms with van der Waals surface area (Å²) in [5, 5.41) is 48.7. The molecule has 0 saturated heterocycles. The minimum Gasteiger partial charge on any atom is -0.507 e. The van der Waals surface area contributed by atoms with Gasteiger partial charge in [-0.1, -0.05) is 39.8 Å². The van der Waals surface area contributed by atoms with Crippen LogP contribution in [0, 0.1) is 13.8 Å². The number of hydrogen-bond acceptors (Lipinski definition) is 12. The highest BCUT2D eigenvalue weighted by molar-refractivity contribution is 7.86. The van der Waals surface area contributed by atoms with Crippen LogP contribution < -0.4 is 9.47 Å². The number of phenols is 4. The topological polar surface area (TPSA) is 233 Å². The van der Waals surface area contributed by atoms with E-state index in [9.17, 15) is 46.4 Å². The van der Waals surface area contributed by atoms with Crippen LogP contribution in [0.3, 0.4) is 0 Å². The van der Waals surface area contributed by atoms with E-state index in [-0.39, 0.29) is 92.4 Å². The molecule has 0 fully saturated rings. The molecule has 0 unspecified atom stereocenters. The first-order chi connectivity index (χ1) is 24.2. The molecule has 6 N–H and O–H groups in total. The lowest BCUT2D eigenvalue weighted by atomic mass is 9.83. The Kier molecular flexibility index (Phi) is 11.7. The van der Waals surface area contributed by atoms with Crippen LogP contribution in [-0.4, -0.2) is 97.6 Å². The van der Waals surface area contributed by atoms with E-state index in [1.54, 1.807) is 26.0 Å². The minimum atomic E-state index is -4.33. The summed E-state index contributed by atoms with van der Waals surface area (Å²) in [6.07, 6.45) is 2.36. The van der Waals surface area contributed by atoms with Crippen LogP contribution in [0.2, 0.25) is 0 Å². The van der Waals surface area contributed by atoms with E-state index in [4.69, 9.17) is 9.47 Å². The van der Waals surface area contributed by atoms with Crippen molar-refractivity contribution in [1.29, 1.82) is 0 Å². The molecular formula is C36H44N2O12S2. The summed E-state index contributed by atoms with van der Waals surface area (Å²) in [6.45, 7) is 10.3. The van der Waals surface area contributed by atoms with Crippen molar-refractivity contribution < 1.29 is 55.8 Å². The highest BCUT2D eigenvalue weighted by atomic mass is 32.2. The number of rotatable bonds is 13. The number of nitrogens with zero attached hydrogens (tertiary/aromatic N) is 2. The van der Waals surface area contributed by atoms with Gasteiger partial charge in [0.25, 0.3) is 20.2 Å². The molecule has 16 heteroatoms. The van der Waals surface area contributed by atoms with Gasteiger partial charge in [0, 0.05) is 56.6 Å². The van der Waals surface area contributed by atoms with E-state index in [1.165, 1.54) is 26.6 Å². The summed E-state index contributed by atoms with van der Waals surface area (Å²) in [7, 11) is -5.91. The summed E-state index contributed by atoms with van der Waals surface area (Å²) in [6, 6.07) is 3.53. The molecule has 4 aromatic carbocycles. The first-order valence-corrected chi connectivity index (χ1v) is 19.5. The van der Waals surface area contributed by atoms with Crippen LogP contribution in [0.5, 0.6) is 34.5 Å². The van der Waals surface area contributed by atoms with Crippen LogP contribution in [0.1, 0.15) is 72.9 Å². The van der Waals surface area contributed by atoms with E-state index in [2.05, 4.69) is 9.98 Å². The van der Waals surface area contributed by atoms with Crippen LogP contribution >= 0.6 is 0 Å². The fourth-order valence-corrected chi connectivity index (χ4v) is 7.31. The maximum atomic E-state index is 12.2. The third kappa shape index (κ3) is 7.74. The number of hydrogen-bond donors (Lipinski definition) is 6. The van der Waals surface area contributed by atoms with Crippen LogP contribution in [0.15, 0.2) is 22.1 Å². The summed E-state index contributed by atoms with van der Waals surface area (Å²) in [5.74, 6) is -3.00. The maximum absolute atomic E-state index is 12.2. The third-order valence-corrected chi connectivity index (χ3v) is 10.2. The monoisotopic (exact) mass is 760 g/mol. The number of ether oxygens (including phenoxy) is 2. The average Bonchev–Trinajstić information content (AvgIpc) is 3.02. The van der Waals surface area contributed by atoms with Gasteiger partial charge in [-0.2, -0.15) is 16.8 Å². The van der Waals surface area contributed by atoms with Crippen molar-refractivity contribution in [3.63, 3.8) is 0 Å². The van der Waals surface area contributed by atoms with Gasteiger partial charge in [-0.3, -0.25) is 19.1 Å². The second-order valence-corrected chi connectivity index (χ2v) is 16.2. The van der Waals surface area contributed by atoms with Crippen molar-refractivity contribution in [3.05, 3.63) is 45.5 Å². The lowest BCUT2D eigenvalue weighted by Gasteiger charge is -2.24. The van der Waals surface area contributed by atoms with Crippen molar-refractivity contribution in [2.24, 2.45) is 9.98 Å². The van der Waals surface area contributed by atoms with E-state index in [1.807, 2.05) is 27.7 Å². The molecule has 0 saturated carbocycles. The second-order valence-electron chi connectivity index (χ2n) is 13.0. The van der Waals surface area contributed by atoms with Crippen molar-refractivity contribution in [3.8, 4) is 45.6 Å². The van der Waals surface area contributed by atoms with E-state index in [0.717, 1.165) is 0 Å². The summed E-state index contributed by atoms with van der Waals surface area (Å²) in [5.41, 5.74) is 2.50. The quantitative estimate of drug-likeness (QED) is 0.0683. The highest BCUT2D eigenvalue weighted by Gasteiger charge is 2.30. The van der Waals surface area contributed by atoms with Crippen LogP contribution in [0.4, 0.5) is 0 Å². The molecule has 0 bridgehead atoms. The van der Waals surface area contributed by atoms with E-state index in [0.29, 0.717) is 33.0 Å². The van der Waals surface area contributed by atoms with E-state index >= 15 is 0 Å². The molecule has 0 atom stereocenters. The largest absolute Gasteiger partial charge is 0.507 e. The predicted octanol–water partition coefficient (Wildman–Crippen LogP) is 5.98. The first-order valence-electron chi connectivity index (χ1n) is 16.2. The zero-order valence-corrected chi connectivity index (χ0v) is 31.8. The summed E-state index contributed by atoms with van der Waals surface area (Å²) in [4.78, 5) is 8.19. The number of phenolic OH excluding ortho intramolecular Hbond substituents is 4. The Balaban J connectivity index is 2.19. The molecule has 0 aliphatic heterocycles. The molecular weight excluding hydrogens is 717 g/mol. The SMILES string of the molecule is COc1c(O)c(C=NCCS(=O)(=O)O)c2c(O)c(-c3c(C)cc4c(C(C)C)c(OC)c(O)c(C=NCCS(=O)(=O)O)c4c3O)c(C)cc2c1C(C)C. The molecule has 282 valence electrons. The third-order valence-electron chi connectivity index (χ3n) is 8.76. The Hall–Kier alpha value is -4.64. The van der Waals surface area contributed by atoms with Gasteiger partial charge in [0.15, 0.2) is 23.0 Å². The predicted molar refractivity (Wildman–Crippen MR) is 202 cm³/mol. The smallest absolute Gasteiger partial charge is 0.266 e. The second kappa shape index (κ2) is 15.1. The normalized spacial score (nSPS) is 12.8. The molecule has 4 aromatic rings. The van der Waals surface area contributed by atoms with Crippen molar-refractivity contribution >= 4 is 54.2 Å². The van der Waals surface area contributed by atoms with Crippen molar-refractivity contribution in [2.45, 2.75) is 53.4 Å². The molecule has 0 amide bonds. The van der Waals surface area contributed by atoms with Crippen LogP contribution in [0.25, 0.3) is 32.7 Å². The fourth-order valence-electron chi connectivity index (χ4n) is 6.64. The number of benzene rings is 4. The van der Waals surface area contributed by atoms with Crippen molar-refractivity contribution in [2.75, 3.05) is 38.8 Å². The lowest BCUT2D eigenvalue weighted by molar-refractivity contribution is 0.368. The molecule has 0 aliphatic carbocycles. The highest BCUT2D eigenvalue weighted by Crippen LogP contribution is 2.54. The zero-order valence-electron chi connectivity index (χ0n) is 30.1. The minimum absolute atomic E-state index is 0.000553. The molecule has 4 rings (SSSR count). The molecule has 0 spiro atoms. The number of aromatic hydroxyl groups is 4. The summed E-state index contributed by atoms with van der Waals surface area (Å²) >= 11 is 0. The number of aliphatic imine (C=N–C) groups is 2. The average molecular weight is 761 g/mol. The van der Waals surface area contributed by atoms with Gasteiger partial charge in [0.05, 0.1) is 38.8 Å². The standard InChI is InChI=1S/C36H44N2O12S2/c1-17(2)25-21-13-19(5)27(33(41)29(21)23(31(39)35(25)49-7)15-37-9-11-51(43,44)45)28-20(6)14-22-26(18(3)4)36(50-8)32(40)24(30(22)34(28)42)16-38-10-12-52(46,47)48/h13-18,39-42H,9-12H2,1-8H3,(H,43,44,45)(H,46,47,48). The van der Waals surface area contributed by atoms with E-state index < -0.39 is 31.7 Å². The molecule has 0 heterocycles. The first kappa shape index (κ1) is 40.1. The molecule has 0 aromatic heterocycles. The fraction of sp³-hybridized carbons (Fsp3) is 0.389. The summed E-state index contributed by atoms with van der Waals surface area (Å²) < 4.78 is 74.9. The van der Waals surface area contributed by atoms with Gasteiger partial charge < -0.3 is 29.9 Å². The Morgan fingerprint density at radius 3 is 1.23 bits per heavy atom. The maximum Gasteiger partial charge on any atom is 0.266 e. The van der Waals surface area contributed by atoms with Crippen molar-refractivity contribution in [1.82, 2.24) is 0 Å². The molecule has 0 radical (unpaired) electrons. The molecule has 52 heavy (non-hydrogen) atoms. The van der Waals surface area contributed by atoms with Gasteiger partial charge >= 0.3 is 0 Å². The Labute approximate surface area is 302 Å².